The lowest BCUT2D eigenvalue weighted by molar-refractivity contribution is -0.131. The number of carbonyl (C=O) groups is 3. The number of hydrogen-bond acceptors (Lipinski definition) is 5. The minimum absolute atomic E-state index is 0.258. The van der Waals surface area contributed by atoms with Crippen molar-refractivity contribution in [2.24, 2.45) is 5.92 Å². The maximum absolute atomic E-state index is 12.5. The van der Waals surface area contributed by atoms with Crippen molar-refractivity contribution in [1.82, 2.24) is 0 Å². The van der Waals surface area contributed by atoms with Crippen LogP contribution >= 0.6 is 11.3 Å². The minimum atomic E-state index is -1.20. The van der Waals surface area contributed by atoms with Gasteiger partial charge < -0.3 is 15.2 Å². The van der Waals surface area contributed by atoms with Crippen LogP contribution in [-0.4, -0.2) is 29.1 Å². The first-order valence-electron chi connectivity index (χ1n) is 7.85. The summed E-state index contributed by atoms with van der Waals surface area (Å²) in [4.78, 5) is 35.9. The van der Waals surface area contributed by atoms with E-state index in [0.29, 0.717) is 16.5 Å². The summed E-state index contributed by atoms with van der Waals surface area (Å²) >= 11 is 1.37. The number of thiophene rings is 1. The molecule has 0 fully saturated rings. The quantitative estimate of drug-likeness (QED) is 0.628. The summed E-state index contributed by atoms with van der Waals surface area (Å²) in [5, 5.41) is 11.6. The van der Waals surface area contributed by atoms with E-state index in [9.17, 15) is 14.4 Å². The van der Waals surface area contributed by atoms with E-state index in [4.69, 9.17) is 9.84 Å². The van der Waals surface area contributed by atoms with E-state index in [2.05, 4.69) is 12.2 Å². The van der Waals surface area contributed by atoms with Crippen molar-refractivity contribution < 1.29 is 24.2 Å². The van der Waals surface area contributed by atoms with Gasteiger partial charge in [0.15, 0.2) is 0 Å². The fourth-order valence-corrected chi connectivity index (χ4v) is 4.03. The summed E-state index contributed by atoms with van der Waals surface area (Å²) in [5.74, 6) is -1.71. The van der Waals surface area contributed by atoms with E-state index in [-0.39, 0.29) is 6.10 Å². The third-order valence-electron chi connectivity index (χ3n) is 3.67. The predicted octanol–water partition coefficient (Wildman–Crippen LogP) is 3.02. The van der Waals surface area contributed by atoms with Crippen molar-refractivity contribution >= 4 is 34.2 Å². The Kier molecular flexibility index (Phi) is 5.77. The highest BCUT2D eigenvalue weighted by Crippen LogP contribution is 2.40. The second-order valence-corrected chi connectivity index (χ2v) is 7.28. The molecule has 0 spiro atoms. The zero-order valence-electron chi connectivity index (χ0n) is 13.9. The van der Waals surface area contributed by atoms with Gasteiger partial charge in [-0.25, -0.2) is 9.59 Å². The van der Waals surface area contributed by atoms with Crippen LogP contribution in [0.5, 0.6) is 0 Å². The van der Waals surface area contributed by atoms with E-state index < -0.39 is 17.8 Å². The first kappa shape index (κ1) is 18.2. The Balaban J connectivity index is 2.33. The molecule has 1 atom stereocenters. The molecule has 0 aliphatic heterocycles. The number of aliphatic carboxylic acids is 1. The first-order chi connectivity index (χ1) is 11.3. The molecule has 7 heteroatoms. The molecule has 1 amide bonds. The smallest absolute Gasteiger partial charge is 0.341 e. The molecule has 24 heavy (non-hydrogen) atoms. The number of anilines is 1. The van der Waals surface area contributed by atoms with Gasteiger partial charge in [-0.2, -0.15) is 0 Å². The highest BCUT2D eigenvalue weighted by atomic mass is 32.1. The Morgan fingerprint density at radius 3 is 2.67 bits per heavy atom. The Labute approximate surface area is 144 Å². The molecule has 1 aliphatic carbocycles. The number of carbonyl (C=O) groups excluding carboxylic acids is 2. The van der Waals surface area contributed by atoms with Crippen LogP contribution in [0.3, 0.4) is 0 Å². The SMILES string of the molecule is CC1CCc2c(sc(NC(=O)C=CC(=O)O)c2C(=O)OC(C)C)C1. The van der Waals surface area contributed by atoms with Crippen LogP contribution in [0.25, 0.3) is 0 Å². The largest absolute Gasteiger partial charge is 0.478 e. The van der Waals surface area contributed by atoms with Crippen molar-refractivity contribution in [2.75, 3.05) is 5.32 Å². The van der Waals surface area contributed by atoms with Gasteiger partial charge in [0, 0.05) is 17.0 Å². The fraction of sp³-hybridized carbons (Fsp3) is 0.471. The summed E-state index contributed by atoms with van der Waals surface area (Å²) in [6.45, 7) is 5.70. The molecule has 130 valence electrons. The van der Waals surface area contributed by atoms with Gasteiger partial charge in [-0.15, -0.1) is 11.3 Å². The molecule has 0 saturated carbocycles. The van der Waals surface area contributed by atoms with E-state index >= 15 is 0 Å². The van der Waals surface area contributed by atoms with E-state index in [1.807, 2.05) is 0 Å². The van der Waals surface area contributed by atoms with E-state index in [1.54, 1.807) is 13.8 Å². The van der Waals surface area contributed by atoms with Crippen LogP contribution in [0.2, 0.25) is 0 Å². The highest BCUT2D eigenvalue weighted by molar-refractivity contribution is 7.17. The predicted molar refractivity (Wildman–Crippen MR) is 91.5 cm³/mol. The third kappa shape index (κ3) is 4.44. The normalized spacial score (nSPS) is 16.9. The van der Waals surface area contributed by atoms with Gasteiger partial charge in [0.2, 0.25) is 5.91 Å². The Bertz CT molecular complexity index is 689. The van der Waals surface area contributed by atoms with Crippen molar-refractivity contribution in [3.05, 3.63) is 28.2 Å². The lowest BCUT2D eigenvalue weighted by atomic mass is 9.88. The molecule has 1 unspecified atom stereocenters. The third-order valence-corrected chi connectivity index (χ3v) is 4.84. The fourth-order valence-electron chi connectivity index (χ4n) is 2.63. The Hall–Kier alpha value is -2.15. The molecule has 1 aromatic heterocycles. The molecule has 1 aromatic rings. The van der Waals surface area contributed by atoms with E-state index in [0.717, 1.165) is 41.9 Å². The number of carboxylic acid groups (broad SMARTS) is 1. The number of fused-ring (bicyclic) bond motifs is 1. The summed E-state index contributed by atoms with van der Waals surface area (Å²) in [5.41, 5.74) is 1.36. The number of nitrogens with one attached hydrogen (secondary N) is 1. The summed E-state index contributed by atoms with van der Waals surface area (Å²) < 4.78 is 5.31. The summed E-state index contributed by atoms with van der Waals surface area (Å²) in [7, 11) is 0. The van der Waals surface area contributed by atoms with Crippen LogP contribution in [0.15, 0.2) is 12.2 Å². The highest BCUT2D eigenvalue weighted by Gasteiger charge is 2.29. The average Bonchev–Trinajstić information content (AvgIpc) is 2.81. The zero-order valence-corrected chi connectivity index (χ0v) is 14.7. The number of rotatable bonds is 5. The van der Waals surface area contributed by atoms with Crippen LogP contribution in [0.1, 0.15) is 48.0 Å². The summed E-state index contributed by atoms with van der Waals surface area (Å²) in [6, 6.07) is 0. The lowest BCUT2D eigenvalue weighted by Crippen LogP contribution is -2.18. The van der Waals surface area contributed by atoms with Crippen LogP contribution in [0.4, 0.5) is 5.00 Å². The topological polar surface area (TPSA) is 92.7 Å². The molecule has 0 saturated heterocycles. The van der Waals surface area contributed by atoms with Gasteiger partial charge in [-0.05, 0) is 44.6 Å². The van der Waals surface area contributed by atoms with Crippen LogP contribution < -0.4 is 5.32 Å². The number of carboxylic acids is 1. The Morgan fingerprint density at radius 2 is 2.04 bits per heavy atom. The number of amides is 1. The standard InChI is InChI=1S/C17H21NO5S/c1-9(2)23-17(22)15-11-5-4-10(3)8-12(11)24-16(15)18-13(19)6-7-14(20)21/h6-7,9-10H,4-5,8H2,1-3H3,(H,18,19)(H,20,21). The molecular formula is C17H21NO5S. The number of hydrogen-bond donors (Lipinski definition) is 2. The average molecular weight is 351 g/mol. The summed E-state index contributed by atoms with van der Waals surface area (Å²) in [6.07, 6.45) is 4.06. The molecular weight excluding hydrogens is 330 g/mol. The van der Waals surface area contributed by atoms with Gasteiger partial charge in [0.25, 0.3) is 0 Å². The van der Waals surface area contributed by atoms with Crippen molar-refractivity contribution in [3.63, 3.8) is 0 Å². The molecule has 0 bridgehead atoms. The molecule has 0 aromatic carbocycles. The van der Waals surface area contributed by atoms with Gasteiger partial charge in [-0.1, -0.05) is 6.92 Å². The van der Waals surface area contributed by atoms with Gasteiger partial charge in [0.05, 0.1) is 11.7 Å². The number of ether oxygens (including phenoxy) is 1. The van der Waals surface area contributed by atoms with E-state index in [1.165, 1.54) is 11.3 Å². The number of esters is 1. The first-order valence-corrected chi connectivity index (χ1v) is 8.67. The zero-order chi connectivity index (χ0) is 17.9. The molecule has 0 radical (unpaired) electrons. The van der Waals surface area contributed by atoms with Crippen LogP contribution in [-0.2, 0) is 27.2 Å². The van der Waals surface area contributed by atoms with Crippen molar-refractivity contribution in [3.8, 4) is 0 Å². The van der Waals surface area contributed by atoms with Crippen molar-refractivity contribution in [2.45, 2.75) is 46.1 Å². The Morgan fingerprint density at radius 1 is 1.33 bits per heavy atom. The maximum Gasteiger partial charge on any atom is 0.341 e. The monoisotopic (exact) mass is 351 g/mol. The van der Waals surface area contributed by atoms with Crippen molar-refractivity contribution in [1.29, 1.82) is 0 Å². The van der Waals surface area contributed by atoms with Gasteiger partial charge in [-0.3, -0.25) is 4.79 Å². The van der Waals surface area contributed by atoms with Gasteiger partial charge >= 0.3 is 11.9 Å². The molecule has 1 heterocycles. The molecule has 2 N–H and O–H groups in total. The minimum Gasteiger partial charge on any atom is -0.478 e. The maximum atomic E-state index is 12.5. The lowest BCUT2D eigenvalue weighted by Gasteiger charge is -2.18. The van der Waals surface area contributed by atoms with Gasteiger partial charge in [0.1, 0.15) is 5.00 Å². The molecule has 6 nitrogen and oxygen atoms in total. The molecule has 1 aliphatic rings. The second-order valence-electron chi connectivity index (χ2n) is 6.17. The molecule has 2 rings (SSSR count). The van der Waals surface area contributed by atoms with Crippen LogP contribution in [0, 0.1) is 5.92 Å². The second kappa shape index (κ2) is 7.61.